The van der Waals surface area contributed by atoms with E-state index in [0.29, 0.717) is 24.0 Å². The lowest BCUT2D eigenvalue weighted by Crippen LogP contribution is -1.87. The van der Waals surface area contributed by atoms with Crippen molar-refractivity contribution in [1.29, 1.82) is 0 Å². The van der Waals surface area contributed by atoms with Gasteiger partial charge in [0.2, 0.25) is 11.7 Å². The van der Waals surface area contributed by atoms with Gasteiger partial charge in [-0.15, -0.1) is 11.6 Å². The zero-order valence-electron chi connectivity index (χ0n) is 9.38. The number of hydrogen-bond donors (Lipinski definition) is 0. The van der Waals surface area contributed by atoms with E-state index in [1.807, 2.05) is 18.2 Å². The summed E-state index contributed by atoms with van der Waals surface area (Å²) < 4.78 is 5.09. The number of nitrogens with zero attached hydrogens (tertiary/aromatic N) is 4. The molecular weight excluding hydrogens is 252 g/mol. The molecule has 0 atom stereocenters. The molecule has 0 amide bonds. The van der Waals surface area contributed by atoms with Crippen LogP contribution >= 0.6 is 11.6 Å². The van der Waals surface area contributed by atoms with Gasteiger partial charge in [-0.3, -0.25) is 9.97 Å². The van der Waals surface area contributed by atoms with Crippen molar-refractivity contribution in [3.63, 3.8) is 0 Å². The molecule has 0 radical (unpaired) electrons. The minimum atomic E-state index is 0.463. The summed E-state index contributed by atoms with van der Waals surface area (Å²) in [5.74, 6) is 1.55. The first-order valence-corrected chi connectivity index (χ1v) is 6.00. The van der Waals surface area contributed by atoms with E-state index in [1.165, 1.54) is 0 Å². The number of benzene rings is 1. The van der Waals surface area contributed by atoms with Crippen molar-refractivity contribution in [2.24, 2.45) is 0 Å². The standard InChI is InChI=1S/C12H9ClN4O/c13-4-3-11-16-12(17-18-11)8-1-2-9-10(7-8)15-6-5-14-9/h1-2,5-7H,3-4H2. The molecular formula is C12H9ClN4O. The summed E-state index contributed by atoms with van der Waals surface area (Å²) in [5, 5.41) is 3.92. The Bertz CT molecular complexity index is 682. The lowest BCUT2D eigenvalue weighted by Gasteiger charge is -1.97. The van der Waals surface area contributed by atoms with Crippen molar-refractivity contribution in [1.82, 2.24) is 20.1 Å². The van der Waals surface area contributed by atoms with Crippen LogP contribution in [0.1, 0.15) is 5.89 Å². The summed E-state index contributed by atoms with van der Waals surface area (Å²) in [6, 6.07) is 5.67. The number of fused-ring (bicyclic) bond motifs is 1. The molecule has 0 saturated heterocycles. The van der Waals surface area contributed by atoms with Gasteiger partial charge in [0.1, 0.15) is 0 Å². The molecule has 0 N–H and O–H groups in total. The van der Waals surface area contributed by atoms with Gasteiger partial charge in [-0.2, -0.15) is 4.98 Å². The van der Waals surface area contributed by atoms with Crippen molar-refractivity contribution in [2.45, 2.75) is 6.42 Å². The highest BCUT2D eigenvalue weighted by Crippen LogP contribution is 2.19. The van der Waals surface area contributed by atoms with Gasteiger partial charge in [-0.25, -0.2) is 0 Å². The fraction of sp³-hybridized carbons (Fsp3) is 0.167. The van der Waals surface area contributed by atoms with E-state index in [4.69, 9.17) is 16.1 Å². The van der Waals surface area contributed by atoms with E-state index in [0.717, 1.165) is 16.6 Å². The minimum Gasteiger partial charge on any atom is -0.339 e. The molecule has 18 heavy (non-hydrogen) atoms. The molecule has 0 aliphatic heterocycles. The second-order valence-electron chi connectivity index (χ2n) is 3.71. The molecule has 0 aliphatic carbocycles. The number of aryl methyl sites for hydroxylation is 1. The molecule has 6 heteroatoms. The largest absolute Gasteiger partial charge is 0.339 e. The maximum absolute atomic E-state index is 5.62. The van der Waals surface area contributed by atoms with Crippen LogP contribution in [0, 0.1) is 0 Å². The van der Waals surface area contributed by atoms with Crippen molar-refractivity contribution >= 4 is 22.6 Å². The van der Waals surface area contributed by atoms with E-state index in [-0.39, 0.29) is 0 Å². The van der Waals surface area contributed by atoms with Gasteiger partial charge in [0, 0.05) is 30.3 Å². The Hall–Kier alpha value is -2.01. The molecule has 0 unspecified atom stereocenters. The molecule has 0 fully saturated rings. The Morgan fingerprint density at radius 2 is 1.94 bits per heavy atom. The normalized spacial score (nSPS) is 10.9. The molecule has 2 aromatic heterocycles. The number of rotatable bonds is 3. The minimum absolute atomic E-state index is 0.463. The third kappa shape index (κ3) is 2.04. The zero-order chi connectivity index (χ0) is 12.4. The van der Waals surface area contributed by atoms with E-state index in [2.05, 4.69) is 20.1 Å². The van der Waals surface area contributed by atoms with Crippen molar-refractivity contribution in [3.8, 4) is 11.4 Å². The predicted octanol–water partition coefficient (Wildman–Crippen LogP) is 2.46. The first-order valence-electron chi connectivity index (χ1n) is 5.46. The Morgan fingerprint density at radius 1 is 1.11 bits per heavy atom. The van der Waals surface area contributed by atoms with Crippen LogP contribution < -0.4 is 0 Å². The Kier molecular flexibility index (Phi) is 2.90. The molecule has 0 saturated carbocycles. The van der Waals surface area contributed by atoms with E-state index in [9.17, 15) is 0 Å². The topological polar surface area (TPSA) is 64.7 Å². The third-order valence-corrected chi connectivity index (χ3v) is 2.69. The van der Waals surface area contributed by atoms with E-state index in [1.54, 1.807) is 12.4 Å². The molecule has 90 valence electrons. The Balaban J connectivity index is 2.02. The maximum Gasteiger partial charge on any atom is 0.228 e. The Labute approximate surface area is 108 Å². The van der Waals surface area contributed by atoms with Crippen LogP contribution in [0.5, 0.6) is 0 Å². The van der Waals surface area contributed by atoms with Gasteiger partial charge in [0.15, 0.2) is 0 Å². The molecule has 2 heterocycles. The first kappa shape index (κ1) is 11.1. The summed E-state index contributed by atoms with van der Waals surface area (Å²) >= 11 is 5.62. The monoisotopic (exact) mass is 260 g/mol. The molecule has 5 nitrogen and oxygen atoms in total. The highest BCUT2D eigenvalue weighted by molar-refractivity contribution is 6.17. The average Bonchev–Trinajstić information content (AvgIpc) is 2.87. The highest BCUT2D eigenvalue weighted by atomic mass is 35.5. The van der Waals surface area contributed by atoms with Crippen molar-refractivity contribution < 1.29 is 4.52 Å². The van der Waals surface area contributed by atoms with Gasteiger partial charge in [0.25, 0.3) is 0 Å². The second kappa shape index (κ2) is 4.70. The van der Waals surface area contributed by atoms with Crippen LogP contribution in [0.25, 0.3) is 22.4 Å². The molecule has 3 aromatic rings. The quantitative estimate of drug-likeness (QED) is 0.677. The molecule has 1 aromatic carbocycles. The summed E-state index contributed by atoms with van der Waals surface area (Å²) in [6.07, 6.45) is 3.89. The van der Waals surface area contributed by atoms with Crippen molar-refractivity contribution in [3.05, 3.63) is 36.5 Å². The molecule has 0 spiro atoms. The summed E-state index contributed by atoms with van der Waals surface area (Å²) in [5.41, 5.74) is 2.50. The lowest BCUT2D eigenvalue weighted by atomic mass is 10.2. The average molecular weight is 261 g/mol. The fourth-order valence-electron chi connectivity index (χ4n) is 1.66. The second-order valence-corrected chi connectivity index (χ2v) is 4.09. The molecule has 0 bridgehead atoms. The van der Waals surface area contributed by atoms with E-state index < -0.39 is 0 Å². The number of aromatic nitrogens is 4. The van der Waals surface area contributed by atoms with Gasteiger partial charge in [0.05, 0.1) is 11.0 Å². The summed E-state index contributed by atoms with van der Waals surface area (Å²) in [7, 11) is 0. The zero-order valence-corrected chi connectivity index (χ0v) is 10.1. The van der Waals surface area contributed by atoms with Crippen LogP contribution in [0.4, 0.5) is 0 Å². The van der Waals surface area contributed by atoms with Crippen LogP contribution in [0.3, 0.4) is 0 Å². The van der Waals surface area contributed by atoms with Gasteiger partial charge < -0.3 is 4.52 Å². The number of hydrogen-bond acceptors (Lipinski definition) is 5. The number of halogens is 1. The van der Waals surface area contributed by atoms with Crippen LogP contribution in [0.2, 0.25) is 0 Å². The van der Waals surface area contributed by atoms with E-state index >= 15 is 0 Å². The smallest absolute Gasteiger partial charge is 0.228 e. The lowest BCUT2D eigenvalue weighted by molar-refractivity contribution is 0.383. The van der Waals surface area contributed by atoms with Gasteiger partial charge in [-0.1, -0.05) is 5.16 Å². The first-order chi connectivity index (χ1) is 8.86. The SMILES string of the molecule is ClCCc1nc(-c2ccc3nccnc3c2)no1. The van der Waals surface area contributed by atoms with Crippen LogP contribution in [-0.2, 0) is 6.42 Å². The Morgan fingerprint density at radius 3 is 2.78 bits per heavy atom. The van der Waals surface area contributed by atoms with Gasteiger partial charge in [-0.05, 0) is 18.2 Å². The van der Waals surface area contributed by atoms with Gasteiger partial charge >= 0.3 is 0 Å². The van der Waals surface area contributed by atoms with Crippen molar-refractivity contribution in [2.75, 3.05) is 5.88 Å². The predicted molar refractivity (Wildman–Crippen MR) is 67.3 cm³/mol. The molecule has 0 aliphatic rings. The molecule has 3 rings (SSSR count). The van der Waals surface area contributed by atoms with Crippen LogP contribution in [0.15, 0.2) is 35.1 Å². The summed E-state index contributed by atoms with van der Waals surface area (Å²) in [6.45, 7) is 0. The fourth-order valence-corrected chi connectivity index (χ4v) is 1.82. The summed E-state index contributed by atoms with van der Waals surface area (Å²) in [4.78, 5) is 12.7. The van der Waals surface area contributed by atoms with Crippen LogP contribution in [-0.4, -0.2) is 26.0 Å². The number of alkyl halides is 1. The maximum atomic E-state index is 5.62. The highest BCUT2D eigenvalue weighted by Gasteiger charge is 2.09. The third-order valence-electron chi connectivity index (χ3n) is 2.50.